The summed E-state index contributed by atoms with van der Waals surface area (Å²) in [5.74, 6) is 0. The van der Waals surface area contributed by atoms with E-state index in [0.29, 0.717) is 12.1 Å². The van der Waals surface area contributed by atoms with E-state index in [1.165, 1.54) is 19.3 Å². The number of nitrogens with zero attached hydrogens (tertiary/aromatic N) is 1. The van der Waals surface area contributed by atoms with E-state index in [9.17, 15) is 0 Å². The Kier molecular flexibility index (Phi) is 7.29. The summed E-state index contributed by atoms with van der Waals surface area (Å²) in [6.07, 6.45) is 3.66. The number of rotatable bonds is 7. The molecule has 0 aromatic rings. The fourth-order valence-electron chi connectivity index (χ4n) is 1.92. The van der Waals surface area contributed by atoms with Crippen LogP contribution in [0.4, 0.5) is 0 Å². The molecule has 0 fully saturated rings. The highest BCUT2D eigenvalue weighted by atomic mass is 16.3. The summed E-state index contributed by atoms with van der Waals surface area (Å²) in [6, 6.07) is 1.20. The van der Waals surface area contributed by atoms with E-state index < -0.39 is 0 Å². The first-order valence-corrected chi connectivity index (χ1v) is 5.53. The summed E-state index contributed by atoms with van der Waals surface area (Å²) in [5.41, 5.74) is 0. The standard InChI is InChI=1S/C11H25NO/c1-5-7-11(6-2)12(8-9-13)10(3)4/h10-11,13H,5-9H2,1-4H3. The van der Waals surface area contributed by atoms with E-state index >= 15 is 0 Å². The van der Waals surface area contributed by atoms with Gasteiger partial charge in [0, 0.05) is 18.6 Å². The third kappa shape index (κ3) is 4.63. The van der Waals surface area contributed by atoms with Crippen molar-refractivity contribution in [3.05, 3.63) is 0 Å². The summed E-state index contributed by atoms with van der Waals surface area (Å²) in [6.45, 7) is 9.95. The van der Waals surface area contributed by atoms with Crippen LogP contribution >= 0.6 is 0 Å². The zero-order valence-corrected chi connectivity index (χ0v) is 9.58. The van der Waals surface area contributed by atoms with Crippen LogP contribution in [-0.4, -0.2) is 35.2 Å². The Balaban J connectivity index is 4.11. The molecule has 1 atom stereocenters. The Morgan fingerprint density at radius 1 is 1.23 bits per heavy atom. The molecule has 1 N–H and O–H groups in total. The predicted molar refractivity (Wildman–Crippen MR) is 57.9 cm³/mol. The van der Waals surface area contributed by atoms with Gasteiger partial charge in [-0.05, 0) is 26.7 Å². The lowest BCUT2D eigenvalue weighted by molar-refractivity contribution is 0.109. The number of hydrogen-bond acceptors (Lipinski definition) is 2. The van der Waals surface area contributed by atoms with E-state index in [2.05, 4.69) is 32.6 Å². The summed E-state index contributed by atoms with van der Waals surface area (Å²) in [4.78, 5) is 2.41. The molecule has 0 aliphatic carbocycles. The van der Waals surface area contributed by atoms with Gasteiger partial charge in [-0.25, -0.2) is 0 Å². The topological polar surface area (TPSA) is 23.5 Å². The maximum atomic E-state index is 8.96. The van der Waals surface area contributed by atoms with Crippen molar-refractivity contribution < 1.29 is 5.11 Å². The van der Waals surface area contributed by atoms with Gasteiger partial charge in [-0.3, -0.25) is 4.90 Å². The molecule has 0 aliphatic heterocycles. The lowest BCUT2D eigenvalue weighted by Gasteiger charge is -2.33. The SMILES string of the molecule is CCCC(CC)N(CCO)C(C)C. The monoisotopic (exact) mass is 187 g/mol. The van der Waals surface area contributed by atoms with Crippen molar-refractivity contribution in [1.82, 2.24) is 4.90 Å². The Labute approximate surface area is 82.9 Å². The maximum Gasteiger partial charge on any atom is 0.0558 e. The predicted octanol–water partition coefficient (Wildman–Crippen LogP) is 2.27. The molecule has 0 spiro atoms. The summed E-state index contributed by atoms with van der Waals surface area (Å²) >= 11 is 0. The summed E-state index contributed by atoms with van der Waals surface area (Å²) < 4.78 is 0. The summed E-state index contributed by atoms with van der Waals surface area (Å²) in [7, 11) is 0. The fraction of sp³-hybridized carbons (Fsp3) is 1.00. The highest BCUT2D eigenvalue weighted by molar-refractivity contribution is 4.72. The lowest BCUT2D eigenvalue weighted by Crippen LogP contribution is -2.41. The molecule has 2 heteroatoms. The Hall–Kier alpha value is -0.0800. The van der Waals surface area contributed by atoms with Gasteiger partial charge in [0.05, 0.1) is 6.61 Å². The van der Waals surface area contributed by atoms with Gasteiger partial charge in [0.25, 0.3) is 0 Å². The molecule has 0 saturated heterocycles. The van der Waals surface area contributed by atoms with E-state index in [4.69, 9.17) is 5.11 Å². The number of aliphatic hydroxyl groups excluding tert-OH is 1. The molecule has 0 rings (SSSR count). The van der Waals surface area contributed by atoms with E-state index in [1.807, 2.05) is 0 Å². The first-order valence-electron chi connectivity index (χ1n) is 5.53. The Bertz CT molecular complexity index is 115. The zero-order valence-electron chi connectivity index (χ0n) is 9.58. The summed E-state index contributed by atoms with van der Waals surface area (Å²) in [5, 5.41) is 8.96. The van der Waals surface area contributed by atoms with Gasteiger partial charge in [0.1, 0.15) is 0 Å². The van der Waals surface area contributed by atoms with Crippen LogP contribution in [0.25, 0.3) is 0 Å². The van der Waals surface area contributed by atoms with Gasteiger partial charge in [-0.1, -0.05) is 20.3 Å². The second-order valence-corrected chi connectivity index (χ2v) is 3.91. The Morgan fingerprint density at radius 3 is 2.15 bits per heavy atom. The third-order valence-electron chi connectivity index (χ3n) is 2.58. The van der Waals surface area contributed by atoms with Gasteiger partial charge < -0.3 is 5.11 Å². The van der Waals surface area contributed by atoms with Gasteiger partial charge >= 0.3 is 0 Å². The first kappa shape index (κ1) is 12.9. The van der Waals surface area contributed by atoms with E-state index in [1.54, 1.807) is 0 Å². The third-order valence-corrected chi connectivity index (χ3v) is 2.58. The molecule has 80 valence electrons. The minimum Gasteiger partial charge on any atom is -0.395 e. The normalized spacial score (nSPS) is 14.1. The van der Waals surface area contributed by atoms with Gasteiger partial charge in [0.2, 0.25) is 0 Å². The van der Waals surface area contributed by atoms with Crippen LogP contribution in [-0.2, 0) is 0 Å². The first-order chi connectivity index (χ1) is 6.17. The van der Waals surface area contributed by atoms with Crippen LogP contribution in [0, 0.1) is 0 Å². The van der Waals surface area contributed by atoms with E-state index in [-0.39, 0.29) is 6.61 Å². The molecule has 0 heterocycles. The molecular formula is C11H25NO. The van der Waals surface area contributed by atoms with Crippen molar-refractivity contribution in [2.45, 2.75) is 59.0 Å². The second kappa shape index (κ2) is 7.34. The fourth-order valence-corrected chi connectivity index (χ4v) is 1.92. The molecule has 0 aromatic heterocycles. The largest absolute Gasteiger partial charge is 0.395 e. The molecule has 0 saturated carbocycles. The molecule has 0 amide bonds. The van der Waals surface area contributed by atoms with Crippen LogP contribution in [0.2, 0.25) is 0 Å². The number of hydrogen-bond donors (Lipinski definition) is 1. The molecule has 1 unspecified atom stereocenters. The molecule has 2 nitrogen and oxygen atoms in total. The quantitative estimate of drug-likeness (QED) is 0.661. The van der Waals surface area contributed by atoms with Crippen LogP contribution in [0.1, 0.15) is 47.0 Å². The molecule has 0 bridgehead atoms. The highest BCUT2D eigenvalue weighted by Crippen LogP contribution is 2.13. The molecule has 0 radical (unpaired) electrons. The average Bonchev–Trinajstić information content (AvgIpc) is 2.10. The maximum absolute atomic E-state index is 8.96. The van der Waals surface area contributed by atoms with Crippen LogP contribution in [0.15, 0.2) is 0 Å². The molecule has 0 aliphatic rings. The van der Waals surface area contributed by atoms with Gasteiger partial charge in [0.15, 0.2) is 0 Å². The smallest absolute Gasteiger partial charge is 0.0558 e. The van der Waals surface area contributed by atoms with Crippen LogP contribution in [0.3, 0.4) is 0 Å². The minimum atomic E-state index is 0.276. The second-order valence-electron chi connectivity index (χ2n) is 3.91. The van der Waals surface area contributed by atoms with Crippen molar-refractivity contribution in [1.29, 1.82) is 0 Å². The highest BCUT2D eigenvalue weighted by Gasteiger charge is 2.17. The van der Waals surface area contributed by atoms with Crippen LogP contribution < -0.4 is 0 Å². The van der Waals surface area contributed by atoms with Gasteiger partial charge in [-0.2, -0.15) is 0 Å². The van der Waals surface area contributed by atoms with Crippen molar-refractivity contribution in [2.75, 3.05) is 13.2 Å². The Morgan fingerprint density at radius 2 is 1.85 bits per heavy atom. The molecule has 0 aromatic carbocycles. The van der Waals surface area contributed by atoms with Crippen molar-refractivity contribution in [2.24, 2.45) is 0 Å². The molecule has 13 heavy (non-hydrogen) atoms. The number of aliphatic hydroxyl groups is 1. The van der Waals surface area contributed by atoms with Crippen molar-refractivity contribution >= 4 is 0 Å². The average molecular weight is 187 g/mol. The van der Waals surface area contributed by atoms with Crippen LogP contribution in [0.5, 0.6) is 0 Å². The van der Waals surface area contributed by atoms with E-state index in [0.717, 1.165) is 6.54 Å². The van der Waals surface area contributed by atoms with Crippen molar-refractivity contribution in [3.63, 3.8) is 0 Å². The molecular weight excluding hydrogens is 162 g/mol. The lowest BCUT2D eigenvalue weighted by atomic mass is 10.1. The van der Waals surface area contributed by atoms with Crippen molar-refractivity contribution in [3.8, 4) is 0 Å². The van der Waals surface area contributed by atoms with Gasteiger partial charge in [-0.15, -0.1) is 0 Å². The zero-order chi connectivity index (χ0) is 10.3. The minimum absolute atomic E-state index is 0.276.